The topological polar surface area (TPSA) is 149 Å². The van der Waals surface area contributed by atoms with Crippen LogP contribution in [0.5, 0.6) is 0 Å². The summed E-state index contributed by atoms with van der Waals surface area (Å²) in [7, 11) is 8.49. The molecule has 0 bridgehead atoms. The fourth-order valence-electron chi connectivity index (χ4n) is 2.10. The van der Waals surface area contributed by atoms with Gasteiger partial charge in [-0.2, -0.15) is 0 Å². The van der Waals surface area contributed by atoms with Crippen molar-refractivity contribution < 1.29 is 28.2 Å². The Morgan fingerprint density at radius 3 is 2.11 bits per heavy atom. The number of amides is 3. The summed E-state index contributed by atoms with van der Waals surface area (Å²) in [5.41, 5.74) is 5.21. The number of carbonyl (C=O) groups excluding carboxylic acids is 4. The molecule has 162 valence electrons. The van der Waals surface area contributed by atoms with Crippen molar-refractivity contribution in [3.8, 4) is 0 Å². The molecule has 0 aromatic carbocycles. The molecule has 28 heavy (non-hydrogen) atoms. The molecule has 0 saturated carbocycles. The van der Waals surface area contributed by atoms with Gasteiger partial charge in [-0.25, -0.2) is 4.79 Å². The van der Waals surface area contributed by atoms with Crippen LogP contribution < -0.4 is 21.5 Å². The highest BCUT2D eigenvalue weighted by molar-refractivity contribution is 8.44. The molecule has 0 spiro atoms. The van der Waals surface area contributed by atoms with Gasteiger partial charge in [-0.1, -0.05) is 17.8 Å². The van der Waals surface area contributed by atoms with Crippen LogP contribution in [-0.4, -0.2) is 52.7 Å². The Labute approximate surface area is 177 Å². The molecule has 3 amide bonds. The third-order valence-corrected chi connectivity index (χ3v) is 7.48. The molecule has 0 aromatic heterocycles. The Hall–Kier alpha value is -0.130. The van der Waals surface area contributed by atoms with Gasteiger partial charge in [-0.05, 0) is 20.8 Å². The molecule has 0 aromatic rings. The maximum absolute atomic E-state index is 12.7. The zero-order valence-electron chi connectivity index (χ0n) is 15.8. The van der Waals surface area contributed by atoms with Gasteiger partial charge < -0.3 is 25.4 Å². The second kappa shape index (κ2) is 13.2. The number of hydrogen-bond acceptors (Lipinski definition) is 8. The molecule has 15 heteroatoms. The van der Waals surface area contributed by atoms with Gasteiger partial charge in [0.25, 0.3) is 0 Å². The molecule has 0 fully saturated rings. The number of rotatable bonds is 12. The Bertz CT molecular complexity index is 585. The predicted molar refractivity (Wildman–Crippen MR) is 122 cm³/mol. The van der Waals surface area contributed by atoms with E-state index in [0.717, 1.165) is 0 Å². The molecule has 8 atom stereocenters. The summed E-state index contributed by atoms with van der Waals surface area (Å²) in [6, 6.07) is -3.15. The molecule has 0 saturated heterocycles. The lowest BCUT2D eigenvalue weighted by atomic mass is 10.0. The van der Waals surface area contributed by atoms with E-state index in [1.807, 2.05) is 23.3 Å². The second-order valence-corrected chi connectivity index (χ2v) is 9.15. The molecule has 4 unspecified atom stereocenters. The molecule has 10 nitrogen and oxygen atoms in total. The summed E-state index contributed by atoms with van der Waals surface area (Å²) in [6.07, 6.45) is -1.20. The van der Waals surface area contributed by atoms with Gasteiger partial charge in [-0.15, -0.1) is 11.4 Å². The SMILES string of the molecule is C[C@@H](OP)[C@H](NC(=O)[C@H](CC(N)=O)NC(=O)[C@@H](NP)C(C)(C)SP)C(=O)OP. The van der Waals surface area contributed by atoms with Gasteiger partial charge in [0, 0.05) is 14.2 Å². The van der Waals surface area contributed by atoms with Crippen LogP contribution in [0.3, 0.4) is 0 Å². The average molecular weight is 492 g/mol. The lowest BCUT2D eigenvalue weighted by Gasteiger charge is -2.32. The molecule has 0 aliphatic heterocycles. The number of hydrogen-bond donors (Lipinski definition) is 4. The third-order valence-electron chi connectivity index (χ3n) is 3.82. The molecular weight excluding hydrogens is 464 g/mol. The van der Waals surface area contributed by atoms with E-state index in [9.17, 15) is 19.2 Å². The van der Waals surface area contributed by atoms with Crippen molar-refractivity contribution in [2.24, 2.45) is 5.73 Å². The Kier molecular flexibility index (Phi) is 13.2. The molecule has 0 aliphatic rings. The van der Waals surface area contributed by atoms with E-state index in [-0.39, 0.29) is 0 Å². The molecule has 0 heterocycles. The zero-order chi connectivity index (χ0) is 22.1. The summed E-state index contributed by atoms with van der Waals surface area (Å²) in [5.74, 6) is -2.87. The van der Waals surface area contributed by atoms with Crippen molar-refractivity contribution in [3.63, 3.8) is 0 Å². The smallest absolute Gasteiger partial charge is 0.333 e. The predicted octanol–water partition coefficient (Wildman–Crippen LogP) is -0.590. The zero-order valence-corrected chi connectivity index (χ0v) is 21.2. The van der Waals surface area contributed by atoms with E-state index >= 15 is 0 Å². The quantitative estimate of drug-likeness (QED) is 0.264. The van der Waals surface area contributed by atoms with E-state index in [2.05, 4.69) is 38.1 Å². The van der Waals surface area contributed by atoms with E-state index in [1.165, 1.54) is 18.3 Å². The van der Waals surface area contributed by atoms with Crippen LogP contribution in [0.1, 0.15) is 27.2 Å². The minimum atomic E-state index is -1.28. The van der Waals surface area contributed by atoms with Crippen LogP contribution in [0.4, 0.5) is 0 Å². The van der Waals surface area contributed by atoms with Gasteiger partial charge in [0.1, 0.15) is 12.1 Å². The molecular formula is C13H28N4O6P4S. The van der Waals surface area contributed by atoms with Gasteiger partial charge in [0.2, 0.25) is 17.7 Å². The summed E-state index contributed by atoms with van der Waals surface area (Å²) in [4.78, 5) is 48.6. The van der Waals surface area contributed by atoms with Crippen molar-refractivity contribution in [1.82, 2.24) is 15.7 Å². The molecule has 0 radical (unpaired) electrons. The number of carbonyl (C=O) groups is 4. The minimum absolute atomic E-state index is 0.450. The number of primary amides is 1. The van der Waals surface area contributed by atoms with Crippen LogP contribution in [0.15, 0.2) is 0 Å². The van der Waals surface area contributed by atoms with Gasteiger partial charge in [0.15, 0.2) is 6.04 Å². The van der Waals surface area contributed by atoms with Gasteiger partial charge in [-0.3, -0.25) is 19.5 Å². The standard InChI is InChI=1S/C13H28N4O6P4S/c1-5(22-25)8(12(21)23-26)16-10(19)6(4-7(14)18)15-11(20)9(17-24)13(2,3)28-27/h5-6,8-9,17H,4,24-27H2,1-3H3,(H2,14,18)(H,15,20)(H,16,19)/t5-,6+,8+,9-/m1/s1. The highest BCUT2D eigenvalue weighted by atomic mass is 32.7. The fourth-order valence-corrected chi connectivity index (χ4v) is 3.81. The van der Waals surface area contributed by atoms with Crippen LogP contribution >= 0.6 is 48.1 Å². The van der Waals surface area contributed by atoms with E-state index in [1.54, 1.807) is 9.47 Å². The van der Waals surface area contributed by atoms with Crippen molar-refractivity contribution in [1.29, 1.82) is 0 Å². The van der Waals surface area contributed by atoms with Crippen LogP contribution in [0.2, 0.25) is 0 Å². The number of nitrogens with one attached hydrogen (secondary N) is 3. The molecule has 0 aliphatic carbocycles. The van der Waals surface area contributed by atoms with Gasteiger partial charge in [0.05, 0.1) is 22.0 Å². The highest BCUT2D eigenvalue weighted by Crippen LogP contribution is 2.34. The summed E-state index contributed by atoms with van der Waals surface area (Å²) in [6.45, 7) is 5.20. The Balaban J connectivity index is 5.50. The Morgan fingerprint density at radius 1 is 1.14 bits per heavy atom. The van der Waals surface area contributed by atoms with Gasteiger partial charge >= 0.3 is 5.97 Å². The fraction of sp³-hybridized carbons (Fsp3) is 0.692. The van der Waals surface area contributed by atoms with E-state index in [0.29, 0.717) is 0 Å². The summed E-state index contributed by atoms with van der Waals surface area (Å²) >= 11 is 1.37. The first-order chi connectivity index (χ1) is 12.9. The molecule has 0 rings (SSSR count). The lowest BCUT2D eigenvalue weighted by molar-refractivity contribution is -0.141. The van der Waals surface area contributed by atoms with Crippen LogP contribution in [0, 0.1) is 0 Å². The Morgan fingerprint density at radius 2 is 1.71 bits per heavy atom. The van der Waals surface area contributed by atoms with Crippen molar-refractivity contribution in [2.45, 2.75) is 56.2 Å². The number of nitrogens with two attached hydrogens (primary N) is 1. The highest BCUT2D eigenvalue weighted by Gasteiger charge is 2.37. The maximum atomic E-state index is 12.7. The normalized spacial score (nSPS) is 15.7. The summed E-state index contributed by atoms with van der Waals surface area (Å²) in [5, 5.41) is 7.73. The summed E-state index contributed by atoms with van der Waals surface area (Å²) < 4.78 is 9.01. The van der Waals surface area contributed by atoms with Crippen LogP contribution in [0.25, 0.3) is 0 Å². The minimum Gasteiger partial charge on any atom is -0.450 e. The average Bonchev–Trinajstić information content (AvgIpc) is 2.63. The lowest BCUT2D eigenvalue weighted by Crippen LogP contribution is -2.59. The second-order valence-electron chi connectivity index (χ2n) is 6.32. The third kappa shape index (κ3) is 8.71. The largest absolute Gasteiger partial charge is 0.450 e. The maximum Gasteiger partial charge on any atom is 0.333 e. The van der Waals surface area contributed by atoms with Crippen LogP contribution in [-0.2, 0) is 28.2 Å². The van der Waals surface area contributed by atoms with E-state index < -0.39 is 59.1 Å². The van der Waals surface area contributed by atoms with E-state index in [4.69, 9.17) is 10.3 Å². The first kappa shape index (κ1) is 27.9. The van der Waals surface area contributed by atoms with Crippen molar-refractivity contribution in [2.75, 3.05) is 0 Å². The molecule has 5 N–H and O–H groups in total. The van der Waals surface area contributed by atoms with Crippen molar-refractivity contribution in [3.05, 3.63) is 0 Å². The van der Waals surface area contributed by atoms with Crippen molar-refractivity contribution >= 4 is 71.8 Å². The first-order valence-corrected chi connectivity index (χ1v) is 11.8. The first-order valence-electron chi connectivity index (χ1n) is 7.94. The monoisotopic (exact) mass is 492 g/mol.